The van der Waals surface area contributed by atoms with E-state index in [9.17, 15) is 4.79 Å². The number of carbonyl (C=O) groups excluding carboxylic acids is 1. The average Bonchev–Trinajstić information content (AvgIpc) is 3.29. The summed E-state index contributed by atoms with van der Waals surface area (Å²) in [5.74, 6) is 1.73. The molecular formula is C18H26N4O2S. The molecule has 1 amide bonds. The van der Waals surface area contributed by atoms with E-state index in [-0.39, 0.29) is 12.5 Å². The minimum Gasteiger partial charge on any atom is -0.467 e. The van der Waals surface area contributed by atoms with Crippen LogP contribution in [-0.4, -0.2) is 31.5 Å². The smallest absolute Gasteiger partial charge is 0.242 e. The van der Waals surface area contributed by atoms with Gasteiger partial charge in [0.25, 0.3) is 0 Å². The molecule has 2 rings (SSSR count). The minimum absolute atomic E-state index is 0.0787. The third-order valence-electron chi connectivity index (χ3n) is 3.51. The number of aliphatic imine (C=N–C) groups is 1. The number of carbonyl (C=O) groups is 1. The quantitative estimate of drug-likeness (QED) is 0.473. The van der Waals surface area contributed by atoms with Crippen molar-refractivity contribution >= 4 is 23.2 Å². The minimum atomic E-state index is -0.139. The molecule has 0 aliphatic rings. The molecule has 0 saturated heterocycles. The van der Waals surface area contributed by atoms with Gasteiger partial charge in [-0.05, 0) is 42.8 Å². The molecule has 2 heterocycles. The summed E-state index contributed by atoms with van der Waals surface area (Å²) in [6, 6.07) is 7.85. The van der Waals surface area contributed by atoms with Gasteiger partial charge in [-0.2, -0.15) is 0 Å². The number of nitrogens with one attached hydrogen (secondary N) is 3. The van der Waals surface area contributed by atoms with Gasteiger partial charge in [0.05, 0.1) is 12.8 Å². The van der Waals surface area contributed by atoms with Crippen molar-refractivity contribution in [3.63, 3.8) is 0 Å². The largest absolute Gasteiger partial charge is 0.467 e. The highest BCUT2D eigenvalue weighted by Gasteiger charge is 2.07. The standard InChI is InChI=1S/C18H26N4O2S/c1-3-19-18(21-11-14(2)10-16-7-5-9-25-16)22-13-17(23)20-12-15-6-4-8-24-15/h4-9,14H,3,10-13H2,1-2H3,(H,20,23)(H2,19,21,22). The predicted octanol–water partition coefficient (Wildman–Crippen LogP) is 2.39. The van der Waals surface area contributed by atoms with E-state index in [1.165, 1.54) is 4.88 Å². The summed E-state index contributed by atoms with van der Waals surface area (Å²) < 4.78 is 5.18. The number of thiophene rings is 1. The van der Waals surface area contributed by atoms with Crippen molar-refractivity contribution in [2.75, 3.05) is 19.6 Å². The summed E-state index contributed by atoms with van der Waals surface area (Å²) in [5, 5.41) is 11.4. The van der Waals surface area contributed by atoms with Crippen LogP contribution in [0.5, 0.6) is 0 Å². The van der Waals surface area contributed by atoms with E-state index in [0.717, 1.165) is 25.3 Å². The highest BCUT2D eigenvalue weighted by molar-refractivity contribution is 7.09. The lowest BCUT2D eigenvalue weighted by Crippen LogP contribution is -2.40. The van der Waals surface area contributed by atoms with Gasteiger partial charge in [-0.1, -0.05) is 13.0 Å². The second-order valence-electron chi connectivity index (χ2n) is 5.82. The van der Waals surface area contributed by atoms with Gasteiger partial charge in [-0.15, -0.1) is 11.3 Å². The molecule has 0 aliphatic heterocycles. The van der Waals surface area contributed by atoms with Crippen molar-refractivity contribution in [1.29, 1.82) is 0 Å². The SMILES string of the molecule is CCNC(=NCC(=O)NCc1ccco1)NCC(C)Cc1cccs1. The first-order valence-electron chi connectivity index (χ1n) is 8.51. The second-order valence-corrected chi connectivity index (χ2v) is 6.85. The van der Waals surface area contributed by atoms with Crippen LogP contribution in [0, 0.1) is 5.92 Å². The molecule has 1 atom stereocenters. The lowest BCUT2D eigenvalue weighted by Gasteiger charge is -2.15. The normalized spacial score (nSPS) is 12.6. The third-order valence-corrected chi connectivity index (χ3v) is 4.41. The number of hydrogen-bond donors (Lipinski definition) is 3. The Bertz CT molecular complexity index is 638. The molecule has 2 aromatic heterocycles. The highest BCUT2D eigenvalue weighted by Crippen LogP contribution is 2.13. The topological polar surface area (TPSA) is 78.7 Å². The highest BCUT2D eigenvalue weighted by atomic mass is 32.1. The molecular weight excluding hydrogens is 336 g/mol. The summed E-state index contributed by atoms with van der Waals surface area (Å²) in [6.07, 6.45) is 2.62. The van der Waals surface area contributed by atoms with Crippen LogP contribution in [0.1, 0.15) is 24.5 Å². The van der Waals surface area contributed by atoms with E-state index >= 15 is 0 Å². The fraction of sp³-hybridized carbons (Fsp3) is 0.444. The summed E-state index contributed by atoms with van der Waals surface area (Å²) in [4.78, 5) is 17.6. The zero-order valence-corrected chi connectivity index (χ0v) is 15.6. The van der Waals surface area contributed by atoms with Crippen molar-refractivity contribution in [2.45, 2.75) is 26.8 Å². The Labute approximate surface area is 152 Å². The Morgan fingerprint density at radius 2 is 2.16 bits per heavy atom. The van der Waals surface area contributed by atoms with Crippen LogP contribution >= 0.6 is 11.3 Å². The van der Waals surface area contributed by atoms with Crippen molar-refractivity contribution in [1.82, 2.24) is 16.0 Å². The zero-order valence-electron chi connectivity index (χ0n) is 14.7. The van der Waals surface area contributed by atoms with Gasteiger partial charge in [0.15, 0.2) is 5.96 Å². The van der Waals surface area contributed by atoms with Crippen LogP contribution in [0.2, 0.25) is 0 Å². The second kappa shape index (κ2) is 10.6. The molecule has 0 radical (unpaired) electrons. The molecule has 0 aromatic carbocycles. The molecule has 0 bridgehead atoms. The van der Waals surface area contributed by atoms with E-state index in [1.54, 1.807) is 23.7 Å². The van der Waals surface area contributed by atoms with Gasteiger partial charge < -0.3 is 20.4 Å². The van der Waals surface area contributed by atoms with Crippen LogP contribution in [0.15, 0.2) is 45.3 Å². The van der Waals surface area contributed by atoms with Crippen molar-refractivity contribution in [3.05, 3.63) is 46.5 Å². The Balaban J connectivity index is 1.73. The van der Waals surface area contributed by atoms with Crippen LogP contribution in [-0.2, 0) is 17.8 Å². The van der Waals surface area contributed by atoms with Crippen molar-refractivity contribution in [3.8, 4) is 0 Å². The van der Waals surface area contributed by atoms with E-state index in [4.69, 9.17) is 4.42 Å². The molecule has 2 aromatic rings. The Morgan fingerprint density at radius 1 is 1.28 bits per heavy atom. The summed E-state index contributed by atoms with van der Waals surface area (Å²) in [7, 11) is 0. The lowest BCUT2D eigenvalue weighted by atomic mass is 10.1. The van der Waals surface area contributed by atoms with E-state index < -0.39 is 0 Å². The Kier molecular flexibility index (Phi) is 8.04. The number of guanidine groups is 1. The van der Waals surface area contributed by atoms with Crippen LogP contribution in [0.4, 0.5) is 0 Å². The predicted molar refractivity (Wildman–Crippen MR) is 102 cm³/mol. The maximum atomic E-state index is 11.9. The van der Waals surface area contributed by atoms with Gasteiger partial charge in [0.2, 0.25) is 5.91 Å². The van der Waals surface area contributed by atoms with E-state index in [2.05, 4.69) is 45.4 Å². The Morgan fingerprint density at radius 3 is 2.84 bits per heavy atom. The number of nitrogens with zero attached hydrogens (tertiary/aromatic N) is 1. The number of rotatable bonds is 9. The van der Waals surface area contributed by atoms with Crippen molar-refractivity contribution < 1.29 is 9.21 Å². The maximum Gasteiger partial charge on any atom is 0.242 e. The zero-order chi connectivity index (χ0) is 17.9. The first-order chi connectivity index (χ1) is 12.2. The molecule has 6 nitrogen and oxygen atoms in total. The summed E-state index contributed by atoms with van der Waals surface area (Å²) in [5.41, 5.74) is 0. The maximum absolute atomic E-state index is 11.9. The number of furan rings is 1. The molecule has 25 heavy (non-hydrogen) atoms. The molecule has 0 spiro atoms. The molecule has 0 fully saturated rings. The van der Waals surface area contributed by atoms with E-state index in [1.807, 2.05) is 13.0 Å². The molecule has 0 aliphatic carbocycles. The molecule has 3 N–H and O–H groups in total. The van der Waals surface area contributed by atoms with Crippen LogP contribution in [0.25, 0.3) is 0 Å². The number of amides is 1. The Hall–Kier alpha value is -2.28. The molecule has 0 saturated carbocycles. The van der Waals surface area contributed by atoms with Crippen LogP contribution in [0.3, 0.4) is 0 Å². The van der Waals surface area contributed by atoms with Crippen molar-refractivity contribution in [2.24, 2.45) is 10.9 Å². The monoisotopic (exact) mass is 362 g/mol. The summed E-state index contributed by atoms with van der Waals surface area (Å²) in [6.45, 7) is 6.21. The fourth-order valence-corrected chi connectivity index (χ4v) is 3.13. The lowest BCUT2D eigenvalue weighted by molar-refractivity contribution is -0.119. The average molecular weight is 362 g/mol. The summed E-state index contributed by atoms with van der Waals surface area (Å²) >= 11 is 1.78. The molecule has 136 valence electrons. The van der Waals surface area contributed by atoms with Gasteiger partial charge in [0, 0.05) is 18.0 Å². The van der Waals surface area contributed by atoms with Gasteiger partial charge in [-0.3, -0.25) is 4.79 Å². The first kappa shape index (κ1) is 19.1. The van der Waals surface area contributed by atoms with Gasteiger partial charge in [-0.25, -0.2) is 4.99 Å². The van der Waals surface area contributed by atoms with Gasteiger partial charge >= 0.3 is 0 Å². The first-order valence-corrected chi connectivity index (χ1v) is 9.39. The third kappa shape index (κ3) is 7.43. The van der Waals surface area contributed by atoms with Crippen LogP contribution < -0.4 is 16.0 Å². The molecule has 7 heteroatoms. The molecule has 1 unspecified atom stereocenters. The van der Waals surface area contributed by atoms with Gasteiger partial charge in [0.1, 0.15) is 12.3 Å². The van der Waals surface area contributed by atoms with E-state index in [0.29, 0.717) is 18.4 Å². The fourth-order valence-electron chi connectivity index (χ4n) is 2.26. The number of hydrogen-bond acceptors (Lipinski definition) is 4.